The summed E-state index contributed by atoms with van der Waals surface area (Å²) in [5.41, 5.74) is -0.614. The number of hydrogen-bond donors (Lipinski definition) is 0. The zero-order chi connectivity index (χ0) is 28.3. The molecule has 0 aliphatic carbocycles. The van der Waals surface area contributed by atoms with Gasteiger partial charge in [0.25, 0.3) is 0 Å². The standard InChI is InChI=1S/C29H48N2O6/c1-27(2,3)35-24(32)16-13-17-30(21-25(33)36-28(4,5)6)18-19-31(20-23-14-11-10-12-15-23)22-26(34)37-29(7,8)9/h10-12,14-15H,13,16-22H2,1-9H3. The van der Waals surface area contributed by atoms with Gasteiger partial charge in [-0.3, -0.25) is 24.2 Å². The zero-order valence-electron chi connectivity index (χ0n) is 24.4. The second-order valence-corrected chi connectivity index (χ2v) is 12.3. The molecule has 0 amide bonds. The highest BCUT2D eigenvalue weighted by atomic mass is 16.6. The average molecular weight is 521 g/mol. The van der Waals surface area contributed by atoms with Crippen molar-refractivity contribution >= 4 is 17.9 Å². The molecule has 0 aliphatic rings. The highest BCUT2D eigenvalue weighted by molar-refractivity contribution is 5.72. The fourth-order valence-electron chi connectivity index (χ4n) is 3.56. The van der Waals surface area contributed by atoms with Crippen molar-refractivity contribution in [1.29, 1.82) is 0 Å². The molecule has 0 atom stereocenters. The lowest BCUT2D eigenvalue weighted by atomic mass is 10.2. The molecule has 0 radical (unpaired) electrons. The first-order valence-corrected chi connectivity index (χ1v) is 13.1. The van der Waals surface area contributed by atoms with Gasteiger partial charge in [0.2, 0.25) is 0 Å². The van der Waals surface area contributed by atoms with Gasteiger partial charge in [0, 0.05) is 26.1 Å². The van der Waals surface area contributed by atoms with E-state index in [1.54, 1.807) is 0 Å². The van der Waals surface area contributed by atoms with Gasteiger partial charge in [-0.05, 0) is 80.8 Å². The number of ether oxygens (including phenoxy) is 3. The topological polar surface area (TPSA) is 85.4 Å². The maximum atomic E-state index is 12.6. The van der Waals surface area contributed by atoms with Crippen molar-refractivity contribution in [3.8, 4) is 0 Å². The maximum absolute atomic E-state index is 12.6. The summed E-state index contributed by atoms with van der Waals surface area (Å²) < 4.78 is 16.5. The fourth-order valence-corrected chi connectivity index (χ4v) is 3.56. The van der Waals surface area contributed by atoms with Crippen LogP contribution < -0.4 is 0 Å². The SMILES string of the molecule is CC(C)(C)OC(=O)CCCN(CCN(CC(=O)OC(C)(C)C)Cc1ccccc1)CC(=O)OC(C)(C)C. The van der Waals surface area contributed by atoms with Crippen LogP contribution in [0.3, 0.4) is 0 Å². The summed E-state index contributed by atoms with van der Waals surface area (Å²) in [6.07, 6.45) is 0.802. The van der Waals surface area contributed by atoms with Gasteiger partial charge in [-0.15, -0.1) is 0 Å². The third kappa shape index (κ3) is 17.6. The number of carbonyl (C=O) groups is 3. The summed E-state index contributed by atoms with van der Waals surface area (Å²) in [5, 5.41) is 0. The van der Waals surface area contributed by atoms with Crippen LogP contribution in [0.25, 0.3) is 0 Å². The Labute approximate surface area is 223 Å². The first-order valence-electron chi connectivity index (χ1n) is 13.1. The largest absolute Gasteiger partial charge is 0.460 e. The molecule has 210 valence electrons. The van der Waals surface area contributed by atoms with Crippen LogP contribution in [0.4, 0.5) is 0 Å². The molecule has 37 heavy (non-hydrogen) atoms. The third-order valence-electron chi connectivity index (χ3n) is 4.80. The Kier molecular flexibility index (Phi) is 12.7. The van der Waals surface area contributed by atoms with Gasteiger partial charge in [-0.1, -0.05) is 30.3 Å². The van der Waals surface area contributed by atoms with E-state index in [0.29, 0.717) is 32.6 Å². The summed E-state index contributed by atoms with van der Waals surface area (Å²) in [6.45, 7) is 18.9. The lowest BCUT2D eigenvalue weighted by Crippen LogP contribution is -2.42. The van der Waals surface area contributed by atoms with Crippen LogP contribution in [0.2, 0.25) is 0 Å². The molecule has 0 heterocycles. The minimum absolute atomic E-state index is 0.0944. The molecule has 0 aromatic heterocycles. The first kappa shape index (κ1) is 32.6. The Morgan fingerprint density at radius 2 is 1.05 bits per heavy atom. The molecule has 0 N–H and O–H groups in total. The van der Waals surface area contributed by atoms with E-state index in [9.17, 15) is 14.4 Å². The number of esters is 3. The lowest BCUT2D eigenvalue weighted by Gasteiger charge is -2.29. The van der Waals surface area contributed by atoms with Crippen molar-refractivity contribution < 1.29 is 28.6 Å². The van der Waals surface area contributed by atoms with Crippen molar-refractivity contribution in [3.63, 3.8) is 0 Å². The summed E-state index contributed by atoms with van der Waals surface area (Å²) in [7, 11) is 0. The second kappa shape index (κ2) is 14.5. The van der Waals surface area contributed by atoms with E-state index in [2.05, 4.69) is 0 Å². The molecule has 8 nitrogen and oxygen atoms in total. The zero-order valence-corrected chi connectivity index (χ0v) is 24.4. The van der Waals surface area contributed by atoms with Crippen molar-refractivity contribution in [3.05, 3.63) is 35.9 Å². The van der Waals surface area contributed by atoms with Crippen LogP contribution in [-0.4, -0.2) is 77.2 Å². The van der Waals surface area contributed by atoms with E-state index in [0.717, 1.165) is 5.56 Å². The summed E-state index contributed by atoms with van der Waals surface area (Å²) >= 11 is 0. The molecule has 1 rings (SSSR count). The van der Waals surface area contributed by atoms with E-state index in [1.807, 2.05) is 102 Å². The Morgan fingerprint density at radius 1 is 0.622 bits per heavy atom. The number of benzene rings is 1. The minimum atomic E-state index is -0.588. The molecule has 1 aromatic rings. The van der Waals surface area contributed by atoms with Crippen molar-refractivity contribution in [2.75, 3.05) is 32.7 Å². The highest BCUT2D eigenvalue weighted by Crippen LogP contribution is 2.12. The number of carbonyl (C=O) groups excluding carboxylic acids is 3. The normalized spacial score (nSPS) is 12.5. The summed E-state index contributed by atoms with van der Waals surface area (Å²) in [5.74, 6) is -0.890. The van der Waals surface area contributed by atoms with Gasteiger partial charge in [0.15, 0.2) is 0 Å². The first-order chi connectivity index (χ1) is 16.9. The van der Waals surface area contributed by atoms with E-state index >= 15 is 0 Å². The third-order valence-corrected chi connectivity index (χ3v) is 4.80. The number of rotatable bonds is 13. The Morgan fingerprint density at radius 3 is 1.54 bits per heavy atom. The van der Waals surface area contributed by atoms with Crippen LogP contribution >= 0.6 is 0 Å². The molecule has 0 unspecified atom stereocenters. The van der Waals surface area contributed by atoms with Gasteiger partial charge in [0.05, 0.1) is 13.1 Å². The molecular weight excluding hydrogens is 472 g/mol. The molecule has 0 saturated heterocycles. The molecule has 0 fully saturated rings. The molecule has 0 saturated carbocycles. The van der Waals surface area contributed by atoms with Gasteiger partial charge in [0.1, 0.15) is 16.8 Å². The smallest absolute Gasteiger partial charge is 0.320 e. The predicted octanol–water partition coefficient (Wildman–Crippen LogP) is 4.60. The highest BCUT2D eigenvalue weighted by Gasteiger charge is 2.23. The van der Waals surface area contributed by atoms with Crippen LogP contribution in [0.1, 0.15) is 80.7 Å². The van der Waals surface area contributed by atoms with Crippen LogP contribution in [-0.2, 0) is 35.1 Å². The van der Waals surface area contributed by atoms with E-state index in [-0.39, 0.29) is 37.4 Å². The average Bonchev–Trinajstić information content (AvgIpc) is 2.68. The van der Waals surface area contributed by atoms with E-state index < -0.39 is 16.8 Å². The molecule has 1 aromatic carbocycles. The Hall–Kier alpha value is -2.45. The van der Waals surface area contributed by atoms with Crippen molar-refractivity contribution in [2.45, 2.75) is 98.5 Å². The van der Waals surface area contributed by atoms with Gasteiger partial charge < -0.3 is 14.2 Å². The van der Waals surface area contributed by atoms with Gasteiger partial charge in [-0.25, -0.2) is 0 Å². The Balaban J connectivity index is 2.88. The minimum Gasteiger partial charge on any atom is -0.460 e. The molecule has 8 heteroatoms. The predicted molar refractivity (Wildman–Crippen MR) is 145 cm³/mol. The number of hydrogen-bond acceptors (Lipinski definition) is 8. The second-order valence-electron chi connectivity index (χ2n) is 12.3. The Bertz CT molecular complexity index is 850. The molecule has 0 aliphatic heterocycles. The lowest BCUT2D eigenvalue weighted by molar-refractivity contribution is -0.158. The monoisotopic (exact) mass is 520 g/mol. The van der Waals surface area contributed by atoms with Gasteiger partial charge in [-0.2, -0.15) is 0 Å². The summed E-state index contributed by atoms with van der Waals surface area (Å²) in [4.78, 5) is 41.3. The van der Waals surface area contributed by atoms with Crippen LogP contribution in [0.5, 0.6) is 0 Å². The molecule has 0 bridgehead atoms. The van der Waals surface area contributed by atoms with E-state index in [4.69, 9.17) is 14.2 Å². The van der Waals surface area contributed by atoms with Crippen LogP contribution in [0.15, 0.2) is 30.3 Å². The molecular formula is C29H48N2O6. The maximum Gasteiger partial charge on any atom is 0.320 e. The van der Waals surface area contributed by atoms with Crippen molar-refractivity contribution in [1.82, 2.24) is 9.80 Å². The molecule has 0 spiro atoms. The number of nitrogens with zero attached hydrogens (tertiary/aromatic N) is 2. The fraction of sp³-hybridized carbons (Fsp3) is 0.690. The van der Waals surface area contributed by atoms with Gasteiger partial charge >= 0.3 is 17.9 Å². The van der Waals surface area contributed by atoms with E-state index in [1.165, 1.54) is 0 Å². The summed E-state index contributed by atoms with van der Waals surface area (Å²) in [6, 6.07) is 9.91. The van der Waals surface area contributed by atoms with Crippen LogP contribution in [0, 0.1) is 0 Å². The quantitative estimate of drug-likeness (QED) is 0.276. The van der Waals surface area contributed by atoms with Crippen molar-refractivity contribution in [2.24, 2.45) is 0 Å².